The van der Waals surface area contributed by atoms with E-state index in [1.54, 1.807) is 35.3 Å². The molecular weight excluding hydrogens is 510 g/mol. The van der Waals surface area contributed by atoms with Gasteiger partial charge in [-0.05, 0) is 73.0 Å². The molecule has 0 atom stereocenters. The zero-order valence-corrected chi connectivity index (χ0v) is 22.7. The summed E-state index contributed by atoms with van der Waals surface area (Å²) in [6.07, 6.45) is 7.54. The van der Waals surface area contributed by atoms with Crippen LogP contribution >= 0.6 is 11.8 Å². The van der Waals surface area contributed by atoms with Crippen LogP contribution in [0, 0.1) is 6.92 Å². The Bertz CT molecular complexity index is 1330. The van der Waals surface area contributed by atoms with Gasteiger partial charge in [0, 0.05) is 61.2 Å². The first-order valence-corrected chi connectivity index (χ1v) is 14.0. The number of pyridine rings is 2. The van der Waals surface area contributed by atoms with Gasteiger partial charge in [0.1, 0.15) is 23.4 Å². The van der Waals surface area contributed by atoms with Gasteiger partial charge >= 0.3 is 6.09 Å². The number of piperidine rings is 1. The monoisotopic (exact) mass is 541 g/mol. The largest absolute Gasteiger partial charge is 0.490 e. The summed E-state index contributed by atoms with van der Waals surface area (Å²) in [6.45, 7) is 3.17. The molecule has 0 saturated carbocycles. The van der Waals surface area contributed by atoms with Crippen LogP contribution in [0.3, 0.4) is 0 Å². The van der Waals surface area contributed by atoms with Gasteiger partial charge in [0.2, 0.25) is 5.88 Å². The predicted octanol–water partition coefficient (Wildman–Crippen LogP) is 6.95. The maximum atomic E-state index is 12.7. The lowest BCUT2D eigenvalue weighted by molar-refractivity contribution is 0.0930. The summed E-state index contributed by atoms with van der Waals surface area (Å²) in [7, 11) is 0. The molecule has 39 heavy (non-hydrogen) atoms. The maximum Gasteiger partial charge on any atom is 0.415 e. The van der Waals surface area contributed by atoms with Gasteiger partial charge in [0.25, 0.3) is 0 Å². The first-order valence-electron chi connectivity index (χ1n) is 13.1. The second-order valence-corrected chi connectivity index (χ2v) is 10.5. The lowest BCUT2D eigenvalue weighted by Gasteiger charge is -2.31. The number of carbonyl (C=O) groups excluding carboxylic acids is 1. The van der Waals surface area contributed by atoms with Crippen molar-refractivity contribution in [2.75, 3.05) is 18.8 Å². The van der Waals surface area contributed by atoms with Crippen LogP contribution < -0.4 is 14.2 Å². The molecule has 4 aromatic rings. The minimum atomic E-state index is -0.319. The molecule has 1 fully saturated rings. The van der Waals surface area contributed by atoms with Gasteiger partial charge in [0.05, 0.1) is 0 Å². The Kier molecular flexibility index (Phi) is 8.96. The molecule has 0 unspecified atom stereocenters. The summed E-state index contributed by atoms with van der Waals surface area (Å²) in [5, 5.41) is 0. The summed E-state index contributed by atoms with van der Waals surface area (Å²) >= 11 is 1.80. The van der Waals surface area contributed by atoms with E-state index in [9.17, 15) is 4.79 Å². The van der Waals surface area contributed by atoms with E-state index in [-0.39, 0.29) is 12.2 Å². The summed E-state index contributed by atoms with van der Waals surface area (Å²) < 4.78 is 17.5. The Labute approximate surface area is 233 Å². The predicted molar refractivity (Wildman–Crippen MR) is 152 cm³/mol. The highest BCUT2D eigenvalue weighted by molar-refractivity contribution is 7.99. The van der Waals surface area contributed by atoms with Crippen molar-refractivity contribution in [1.29, 1.82) is 0 Å². The van der Waals surface area contributed by atoms with Gasteiger partial charge in [-0.15, -0.1) is 11.8 Å². The van der Waals surface area contributed by atoms with Crippen molar-refractivity contribution in [2.45, 2.75) is 37.2 Å². The Morgan fingerprint density at radius 1 is 0.897 bits per heavy atom. The third-order valence-electron chi connectivity index (χ3n) is 6.37. The zero-order chi connectivity index (χ0) is 26.9. The maximum absolute atomic E-state index is 12.7. The van der Waals surface area contributed by atoms with Crippen molar-refractivity contribution in [3.63, 3.8) is 0 Å². The van der Waals surface area contributed by atoms with Crippen LogP contribution in [-0.4, -0.2) is 45.9 Å². The molecule has 5 rings (SSSR count). The Morgan fingerprint density at radius 2 is 1.59 bits per heavy atom. The summed E-state index contributed by atoms with van der Waals surface area (Å²) in [5.74, 6) is 3.57. The Morgan fingerprint density at radius 3 is 2.28 bits per heavy atom. The molecule has 1 saturated heterocycles. The van der Waals surface area contributed by atoms with Crippen molar-refractivity contribution < 1.29 is 19.0 Å². The molecule has 2 aromatic carbocycles. The molecule has 1 aliphatic rings. The SMILES string of the molecule is Cc1ccc(Oc2ccc(OC3CCN(C(=O)Oc4ccc(CCSc5ccncc5)cc4)CC3)cc2)nc1. The number of aromatic nitrogens is 2. The highest BCUT2D eigenvalue weighted by Gasteiger charge is 2.25. The minimum Gasteiger partial charge on any atom is -0.490 e. The van der Waals surface area contributed by atoms with Crippen molar-refractivity contribution >= 4 is 17.9 Å². The summed E-state index contributed by atoms with van der Waals surface area (Å²) in [4.78, 5) is 23.9. The van der Waals surface area contributed by atoms with E-state index in [1.807, 2.05) is 79.7 Å². The van der Waals surface area contributed by atoms with E-state index in [0.717, 1.165) is 36.3 Å². The van der Waals surface area contributed by atoms with Crippen molar-refractivity contribution in [1.82, 2.24) is 14.9 Å². The van der Waals surface area contributed by atoms with Gasteiger partial charge in [-0.1, -0.05) is 18.2 Å². The molecule has 2 aromatic heterocycles. The van der Waals surface area contributed by atoms with E-state index >= 15 is 0 Å². The highest BCUT2D eigenvalue weighted by Crippen LogP contribution is 2.25. The molecular formula is C31H31N3O4S. The summed E-state index contributed by atoms with van der Waals surface area (Å²) in [6, 6.07) is 23.1. The molecule has 3 heterocycles. The number of aryl methyl sites for hydroxylation is 2. The third kappa shape index (κ3) is 7.97. The van der Waals surface area contributed by atoms with Gasteiger partial charge in [0.15, 0.2) is 0 Å². The molecule has 0 radical (unpaired) electrons. The average Bonchev–Trinajstić information content (AvgIpc) is 2.97. The van der Waals surface area contributed by atoms with Crippen molar-refractivity contribution in [2.24, 2.45) is 0 Å². The number of likely N-dealkylation sites (tertiary alicyclic amines) is 1. The smallest absolute Gasteiger partial charge is 0.415 e. The normalized spacial score (nSPS) is 13.6. The van der Waals surface area contributed by atoms with Crippen LogP contribution in [0.15, 0.2) is 96.3 Å². The van der Waals surface area contributed by atoms with Crippen LogP contribution in [0.25, 0.3) is 0 Å². The van der Waals surface area contributed by atoms with Crippen LogP contribution in [0.2, 0.25) is 0 Å². The van der Waals surface area contributed by atoms with Gasteiger partial charge < -0.3 is 19.1 Å². The lowest BCUT2D eigenvalue weighted by Crippen LogP contribution is -2.43. The van der Waals surface area contributed by atoms with E-state index in [4.69, 9.17) is 14.2 Å². The number of ether oxygens (including phenoxy) is 3. The standard InChI is InChI=1S/C31H31N3O4S/c1-23-2-11-30(33-22-23)37-26-9-7-25(8-10-26)36-28-14-19-34(20-15-28)31(35)38-27-5-3-24(4-6-27)16-21-39-29-12-17-32-18-13-29/h2-13,17-18,22,28H,14-16,19-21H2,1H3. The van der Waals surface area contributed by atoms with E-state index in [0.29, 0.717) is 30.5 Å². The number of amides is 1. The number of hydrogen-bond acceptors (Lipinski definition) is 7. The molecule has 200 valence electrons. The highest BCUT2D eigenvalue weighted by atomic mass is 32.2. The molecule has 0 spiro atoms. The molecule has 1 aliphatic heterocycles. The number of thioether (sulfide) groups is 1. The third-order valence-corrected chi connectivity index (χ3v) is 7.38. The fourth-order valence-corrected chi connectivity index (χ4v) is 5.07. The Hall–Kier alpha value is -4.04. The van der Waals surface area contributed by atoms with E-state index in [2.05, 4.69) is 9.97 Å². The average molecular weight is 542 g/mol. The fraction of sp³-hybridized carbons (Fsp3) is 0.258. The first-order chi connectivity index (χ1) is 19.1. The molecule has 0 N–H and O–H groups in total. The van der Waals surface area contributed by atoms with Gasteiger partial charge in [-0.25, -0.2) is 9.78 Å². The molecule has 0 aliphatic carbocycles. The van der Waals surface area contributed by atoms with Crippen LogP contribution in [-0.2, 0) is 6.42 Å². The topological polar surface area (TPSA) is 73.8 Å². The number of carbonyl (C=O) groups is 1. The first kappa shape index (κ1) is 26.6. The number of hydrogen-bond donors (Lipinski definition) is 0. The quantitative estimate of drug-likeness (QED) is 0.212. The molecule has 7 nitrogen and oxygen atoms in total. The fourth-order valence-electron chi connectivity index (χ4n) is 4.18. The zero-order valence-electron chi connectivity index (χ0n) is 21.9. The van der Waals surface area contributed by atoms with Crippen LogP contribution in [0.4, 0.5) is 4.79 Å². The number of benzene rings is 2. The molecule has 1 amide bonds. The van der Waals surface area contributed by atoms with E-state index < -0.39 is 0 Å². The van der Waals surface area contributed by atoms with Gasteiger partial charge in [-0.2, -0.15) is 0 Å². The minimum absolute atomic E-state index is 0.0453. The van der Waals surface area contributed by atoms with Crippen molar-refractivity contribution in [3.05, 3.63) is 103 Å². The second-order valence-electron chi connectivity index (χ2n) is 9.34. The van der Waals surface area contributed by atoms with E-state index in [1.165, 1.54) is 10.5 Å². The number of nitrogens with zero attached hydrogens (tertiary/aromatic N) is 3. The molecule has 0 bridgehead atoms. The second kappa shape index (κ2) is 13.2. The number of rotatable bonds is 9. The lowest BCUT2D eigenvalue weighted by atomic mass is 10.1. The van der Waals surface area contributed by atoms with Crippen LogP contribution in [0.5, 0.6) is 23.1 Å². The van der Waals surface area contributed by atoms with Crippen molar-refractivity contribution in [3.8, 4) is 23.1 Å². The van der Waals surface area contributed by atoms with Crippen LogP contribution in [0.1, 0.15) is 24.0 Å². The summed E-state index contributed by atoms with van der Waals surface area (Å²) in [5.41, 5.74) is 2.29. The van der Waals surface area contributed by atoms with Gasteiger partial charge in [-0.3, -0.25) is 4.98 Å². The Balaban J connectivity index is 1.02. The molecule has 8 heteroatoms.